The van der Waals surface area contributed by atoms with Crippen LogP contribution in [0, 0.1) is 0 Å². The predicted molar refractivity (Wildman–Crippen MR) is 37.7 cm³/mol. The van der Waals surface area contributed by atoms with Gasteiger partial charge in [-0.1, -0.05) is 11.6 Å². The van der Waals surface area contributed by atoms with Crippen LogP contribution in [0.2, 0.25) is 0 Å². The minimum Gasteiger partial charge on any atom is -0.389 e. The van der Waals surface area contributed by atoms with Crippen LogP contribution in [-0.4, -0.2) is 0 Å². The summed E-state index contributed by atoms with van der Waals surface area (Å²) < 4.78 is 0. The van der Waals surface area contributed by atoms with E-state index in [2.05, 4.69) is 5.43 Å². The lowest BCUT2D eigenvalue weighted by Crippen LogP contribution is -2.26. The highest BCUT2D eigenvalue weighted by atomic mass is 35.5. The number of nitrogens with two attached hydrogens (primary N) is 3. The average Bonchev–Trinajstić information content (AvgIpc) is 1.83. The Hall–Kier alpha value is -0.870. The first-order chi connectivity index (χ1) is 4.16. The minimum atomic E-state index is 0.160. The molecule has 0 radical (unpaired) electrons. The van der Waals surface area contributed by atoms with Crippen LogP contribution in [0.3, 0.4) is 0 Å². The van der Waals surface area contributed by atoms with Gasteiger partial charge in [0.15, 0.2) is 0 Å². The Labute approximate surface area is 58.3 Å². The van der Waals surface area contributed by atoms with Gasteiger partial charge < -0.3 is 16.9 Å². The second-order valence-corrected chi connectivity index (χ2v) is 1.75. The summed E-state index contributed by atoms with van der Waals surface area (Å²) in [6, 6.07) is 0. The SMILES string of the molecule is NN/C(N)=C/C=C(\N)Cl. The average molecular weight is 149 g/mol. The van der Waals surface area contributed by atoms with Crippen molar-refractivity contribution in [2.45, 2.75) is 0 Å². The van der Waals surface area contributed by atoms with Crippen LogP contribution >= 0.6 is 11.6 Å². The molecule has 0 fully saturated rings. The molecule has 0 aromatic heterocycles. The van der Waals surface area contributed by atoms with Gasteiger partial charge in [0, 0.05) is 0 Å². The third-order valence-electron chi connectivity index (χ3n) is 0.589. The molecule has 0 heterocycles. The number of hydrogen-bond acceptors (Lipinski definition) is 4. The molecule has 0 aliphatic heterocycles. The summed E-state index contributed by atoms with van der Waals surface area (Å²) >= 11 is 5.25. The Morgan fingerprint density at radius 1 is 1.33 bits per heavy atom. The number of hydrogen-bond donors (Lipinski definition) is 4. The van der Waals surface area contributed by atoms with Crippen molar-refractivity contribution in [3.05, 3.63) is 23.1 Å². The molecule has 7 N–H and O–H groups in total. The number of allylic oxidation sites excluding steroid dienone is 2. The molecule has 0 aromatic carbocycles. The third kappa shape index (κ3) is 4.99. The van der Waals surface area contributed by atoms with Crippen LogP contribution in [0.4, 0.5) is 0 Å². The number of rotatable bonds is 2. The standard InChI is InChI=1S/C4H9ClN4/c5-3(6)1-2-4(7)9-8/h1-2,9H,6-8H2/b3-1-,4-2+. The largest absolute Gasteiger partial charge is 0.389 e. The first kappa shape index (κ1) is 8.13. The zero-order valence-electron chi connectivity index (χ0n) is 4.76. The molecule has 0 saturated carbocycles. The highest BCUT2D eigenvalue weighted by Crippen LogP contribution is 1.89. The maximum absolute atomic E-state index is 5.25. The fourth-order valence-corrected chi connectivity index (χ4v) is 0.280. The maximum Gasteiger partial charge on any atom is 0.110 e. The molecule has 0 unspecified atom stereocenters. The molecular weight excluding hydrogens is 140 g/mol. The summed E-state index contributed by atoms with van der Waals surface area (Å²) in [6.07, 6.45) is 2.89. The fourth-order valence-electron chi connectivity index (χ4n) is 0.218. The van der Waals surface area contributed by atoms with E-state index >= 15 is 0 Å². The van der Waals surface area contributed by atoms with E-state index in [-0.39, 0.29) is 5.16 Å². The predicted octanol–water partition coefficient (Wildman–Crippen LogP) is -0.711. The Bertz CT molecular complexity index is 136. The lowest BCUT2D eigenvalue weighted by molar-refractivity contribution is 0.869. The molecule has 9 heavy (non-hydrogen) atoms. The molecule has 0 bridgehead atoms. The summed E-state index contributed by atoms with van der Waals surface area (Å²) in [5.41, 5.74) is 12.4. The molecule has 4 nitrogen and oxygen atoms in total. The van der Waals surface area contributed by atoms with Gasteiger partial charge in [0.2, 0.25) is 0 Å². The highest BCUT2D eigenvalue weighted by molar-refractivity contribution is 6.29. The van der Waals surface area contributed by atoms with Crippen molar-refractivity contribution in [1.29, 1.82) is 0 Å². The van der Waals surface area contributed by atoms with Crippen molar-refractivity contribution >= 4 is 11.6 Å². The minimum absolute atomic E-state index is 0.160. The van der Waals surface area contributed by atoms with Gasteiger partial charge in [0.25, 0.3) is 0 Å². The van der Waals surface area contributed by atoms with Crippen molar-refractivity contribution in [1.82, 2.24) is 5.43 Å². The lowest BCUT2D eigenvalue weighted by atomic mass is 10.5. The zero-order chi connectivity index (χ0) is 7.28. The summed E-state index contributed by atoms with van der Waals surface area (Å²) in [6.45, 7) is 0. The van der Waals surface area contributed by atoms with Gasteiger partial charge in [0.1, 0.15) is 5.82 Å². The first-order valence-electron chi connectivity index (χ1n) is 2.22. The second kappa shape index (κ2) is 4.05. The quantitative estimate of drug-likeness (QED) is 0.180. The van der Waals surface area contributed by atoms with Crippen molar-refractivity contribution in [3.8, 4) is 0 Å². The molecule has 5 heteroatoms. The summed E-state index contributed by atoms with van der Waals surface area (Å²) in [5, 5.41) is 0.160. The Morgan fingerprint density at radius 3 is 2.22 bits per heavy atom. The van der Waals surface area contributed by atoms with Crippen molar-refractivity contribution in [2.75, 3.05) is 0 Å². The van der Waals surface area contributed by atoms with E-state index in [1.807, 2.05) is 0 Å². The van der Waals surface area contributed by atoms with E-state index < -0.39 is 0 Å². The molecule has 0 aromatic rings. The Balaban J connectivity index is 3.83. The van der Waals surface area contributed by atoms with Gasteiger partial charge in [-0.3, -0.25) is 0 Å². The van der Waals surface area contributed by atoms with Gasteiger partial charge in [-0.15, -0.1) is 0 Å². The van der Waals surface area contributed by atoms with Crippen LogP contribution in [0.5, 0.6) is 0 Å². The second-order valence-electron chi connectivity index (χ2n) is 1.32. The first-order valence-corrected chi connectivity index (χ1v) is 2.59. The third-order valence-corrected chi connectivity index (χ3v) is 0.715. The van der Waals surface area contributed by atoms with Crippen LogP contribution < -0.4 is 22.7 Å². The zero-order valence-corrected chi connectivity index (χ0v) is 5.52. The Kier molecular flexibility index (Phi) is 3.66. The van der Waals surface area contributed by atoms with E-state index in [1.54, 1.807) is 0 Å². The van der Waals surface area contributed by atoms with Gasteiger partial charge in [-0.05, 0) is 12.2 Å². The smallest absolute Gasteiger partial charge is 0.110 e. The summed E-state index contributed by atoms with van der Waals surface area (Å²) in [4.78, 5) is 0. The number of hydrazine groups is 1. The van der Waals surface area contributed by atoms with Crippen molar-refractivity contribution in [2.24, 2.45) is 17.3 Å². The molecule has 0 spiro atoms. The number of nitrogens with one attached hydrogen (secondary N) is 1. The van der Waals surface area contributed by atoms with E-state index in [4.69, 9.17) is 28.9 Å². The molecule has 0 atom stereocenters. The molecule has 0 amide bonds. The monoisotopic (exact) mass is 148 g/mol. The summed E-state index contributed by atoms with van der Waals surface area (Å²) in [7, 11) is 0. The molecular formula is C4H9ClN4. The summed E-state index contributed by atoms with van der Waals surface area (Å²) in [5.74, 6) is 5.21. The van der Waals surface area contributed by atoms with Crippen LogP contribution in [0.15, 0.2) is 23.1 Å². The molecule has 0 aliphatic rings. The molecule has 0 rings (SSSR count). The fraction of sp³-hybridized carbons (Fsp3) is 0. The normalized spacial score (nSPS) is 13.6. The van der Waals surface area contributed by atoms with Crippen molar-refractivity contribution < 1.29 is 0 Å². The molecule has 52 valence electrons. The topological polar surface area (TPSA) is 90.1 Å². The van der Waals surface area contributed by atoms with E-state index in [9.17, 15) is 0 Å². The van der Waals surface area contributed by atoms with E-state index in [0.29, 0.717) is 5.82 Å². The van der Waals surface area contributed by atoms with Gasteiger partial charge in [-0.2, -0.15) is 0 Å². The highest BCUT2D eigenvalue weighted by Gasteiger charge is 1.78. The van der Waals surface area contributed by atoms with Gasteiger partial charge in [0.05, 0.1) is 5.16 Å². The molecule has 0 aliphatic carbocycles. The Morgan fingerprint density at radius 2 is 1.89 bits per heavy atom. The lowest BCUT2D eigenvalue weighted by Gasteiger charge is -1.93. The van der Waals surface area contributed by atoms with E-state index in [1.165, 1.54) is 12.2 Å². The molecule has 0 saturated heterocycles. The van der Waals surface area contributed by atoms with Gasteiger partial charge >= 0.3 is 0 Å². The van der Waals surface area contributed by atoms with Crippen LogP contribution in [-0.2, 0) is 0 Å². The number of halogens is 1. The van der Waals surface area contributed by atoms with Crippen LogP contribution in [0.1, 0.15) is 0 Å². The maximum atomic E-state index is 5.25. The van der Waals surface area contributed by atoms with Crippen molar-refractivity contribution in [3.63, 3.8) is 0 Å². The van der Waals surface area contributed by atoms with Crippen LogP contribution in [0.25, 0.3) is 0 Å². The van der Waals surface area contributed by atoms with E-state index in [0.717, 1.165) is 0 Å². The van der Waals surface area contributed by atoms with Gasteiger partial charge in [-0.25, -0.2) is 5.84 Å².